The zero-order valence-corrected chi connectivity index (χ0v) is 45.1. The van der Waals surface area contributed by atoms with Crippen LogP contribution in [0.15, 0.2) is 280 Å². The summed E-state index contributed by atoms with van der Waals surface area (Å²) in [6, 6.07) is 89.4. The number of fused-ring (bicyclic) bond motifs is 2. The lowest BCUT2D eigenvalue weighted by atomic mass is 9.83. The molecule has 0 atom stereocenters. The first-order valence-corrected chi connectivity index (χ1v) is 28.0. The summed E-state index contributed by atoms with van der Waals surface area (Å²) in [7, 11) is 0. The van der Waals surface area contributed by atoms with Crippen LogP contribution in [-0.4, -0.2) is 39.9 Å². The topological polar surface area (TPSA) is 103 Å². The molecule has 0 saturated heterocycles. The zero-order chi connectivity index (χ0) is 55.5. The Morgan fingerprint density at radius 3 is 0.905 bits per heavy atom. The molecule has 4 aromatic heterocycles. The number of hydrogen-bond donors (Lipinski definition) is 0. The van der Waals surface area contributed by atoms with E-state index in [4.69, 9.17) is 29.9 Å². The summed E-state index contributed by atoms with van der Waals surface area (Å²) in [6.07, 6.45) is 7.35. The van der Waals surface area contributed by atoms with Crippen molar-refractivity contribution >= 4 is 53.9 Å². The van der Waals surface area contributed by atoms with Crippen LogP contribution in [-0.2, 0) is 0 Å². The molecule has 0 spiro atoms. The zero-order valence-electron chi connectivity index (χ0n) is 45.1. The summed E-state index contributed by atoms with van der Waals surface area (Å²) in [6.45, 7) is 0. The quantitative estimate of drug-likeness (QED) is 0.125. The molecule has 16 aromatic rings. The van der Waals surface area contributed by atoms with Crippen LogP contribution < -0.4 is 0 Å². The van der Waals surface area contributed by atoms with Crippen LogP contribution >= 0.6 is 0 Å². The maximum atomic E-state index is 5.48. The summed E-state index contributed by atoms with van der Waals surface area (Å²) < 4.78 is 0. The molecule has 4 heterocycles. The normalized spacial score (nSPS) is 11.6. The Morgan fingerprint density at radius 2 is 0.512 bits per heavy atom. The Morgan fingerprint density at radius 1 is 0.190 bits per heavy atom. The monoisotopic (exact) mass is 1070 g/mol. The highest BCUT2D eigenvalue weighted by Gasteiger charge is 2.25. The Bertz CT molecular complexity index is 4830. The fourth-order valence-corrected chi connectivity index (χ4v) is 11.9. The molecule has 0 aliphatic rings. The summed E-state index contributed by atoms with van der Waals surface area (Å²) >= 11 is 0. The highest BCUT2D eigenvalue weighted by atomic mass is 15.0. The van der Waals surface area contributed by atoms with Gasteiger partial charge in [-0.15, -0.1) is 0 Å². The van der Waals surface area contributed by atoms with Crippen LogP contribution in [0.2, 0.25) is 0 Å². The van der Waals surface area contributed by atoms with Gasteiger partial charge in [0.15, 0.2) is 34.9 Å². The lowest BCUT2D eigenvalue weighted by molar-refractivity contribution is 1.08. The number of hydrogen-bond acceptors (Lipinski definition) is 8. The molecule has 8 nitrogen and oxygen atoms in total. The predicted octanol–water partition coefficient (Wildman–Crippen LogP) is 18.7. The third-order valence-electron chi connectivity index (χ3n) is 16.1. The van der Waals surface area contributed by atoms with Crippen LogP contribution in [0.25, 0.3) is 167 Å². The Hall–Kier alpha value is -11.5. The van der Waals surface area contributed by atoms with Gasteiger partial charge in [-0.25, -0.2) is 29.9 Å². The van der Waals surface area contributed by atoms with Gasteiger partial charge in [0.1, 0.15) is 0 Å². The fraction of sp³-hybridized carbons (Fsp3) is 0. The van der Waals surface area contributed by atoms with E-state index in [-0.39, 0.29) is 0 Å². The average molecular weight is 1070 g/mol. The Labute approximate surface area is 483 Å². The van der Waals surface area contributed by atoms with Crippen LogP contribution in [0.4, 0.5) is 0 Å². The van der Waals surface area contributed by atoms with Gasteiger partial charge in [-0.2, -0.15) is 0 Å². The molecule has 0 amide bonds. The van der Waals surface area contributed by atoms with E-state index in [2.05, 4.69) is 253 Å². The van der Waals surface area contributed by atoms with Gasteiger partial charge in [0, 0.05) is 58.2 Å². The van der Waals surface area contributed by atoms with Crippen LogP contribution in [0.5, 0.6) is 0 Å². The Kier molecular flexibility index (Phi) is 11.7. The molecular weight excluding hydrogens is 1020 g/mol. The van der Waals surface area contributed by atoms with E-state index in [0.29, 0.717) is 34.9 Å². The van der Waals surface area contributed by atoms with Gasteiger partial charge in [-0.05, 0) is 135 Å². The molecule has 0 N–H and O–H groups in total. The molecule has 16 rings (SSSR count). The third kappa shape index (κ3) is 8.65. The molecule has 0 fully saturated rings. The maximum Gasteiger partial charge on any atom is 0.164 e. The minimum atomic E-state index is 0.565. The second kappa shape index (κ2) is 20.3. The first-order valence-electron chi connectivity index (χ1n) is 28.0. The van der Waals surface area contributed by atoms with Crippen molar-refractivity contribution in [2.24, 2.45) is 0 Å². The second-order valence-corrected chi connectivity index (χ2v) is 21.1. The standard InChI is InChI=1S/C76H46N8/c1-3-15-51(16-4-1)65-43-67(75-81-71(53-29-23-49(24-30-53)59-21-11-39-77-45-59)79-73(83-75)57-33-27-47-13-7-9-19-55(47)41-57)63-38-36-62-66(52-17-5-2-6-18-52)44-68(64-37-35-61(65)69(63)70(62)64)76-82-72(54-31-25-50(26-32-54)60-22-12-40-78-46-60)80-74(84-76)58-34-28-48-14-8-10-20-56(48)42-58/h1-46H. The van der Waals surface area contributed by atoms with Gasteiger partial charge in [-0.1, -0.05) is 218 Å². The van der Waals surface area contributed by atoms with E-state index in [0.717, 1.165) is 132 Å². The smallest absolute Gasteiger partial charge is 0.164 e. The number of pyridine rings is 2. The number of nitrogens with zero attached hydrogens (tertiary/aromatic N) is 8. The molecule has 390 valence electrons. The van der Waals surface area contributed by atoms with Crippen molar-refractivity contribution in [3.8, 4) is 113 Å². The summed E-state index contributed by atoms with van der Waals surface area (Å²) in [5.41, 5.74) is 13.8. The van der Waals surface area contributed by atoms with Crippen molar-refractivity contribution in [3.05, 3.63) is 280 Å². The molecule has 8 heteroatoms. The second-order valence-electron chi connectivity index (χ2n) is 21.1. The Balaban J connectivity index is 0.964. The minimum absolute atomic E-state index is 0.565. The number of benzene rings is 12. The van der Waals surface area contributed by atoms with Crippen LogP contribution in [0.1, 0.15) is 0 Å². The molecule has 0 aliphatic heterocycles. The van der Waals surface area contributed by atoms with Crippen molar-refractivity contribution in [2.75, 3.05) is 0 Å². The molecule has 12 aromatic carbocycles. The average Bonchev–Trinajstić information content (AvgIpc) is 0.889. The van der Waals surface area contributed by atoms with Crippen molar-refractivity contribution in [2.45, 2.75) is 0 Å². The fourth-order valence-electron chi connectivity index (χ4n) is 11.9. The van der Waals surface area contributed by atoms with Crippen molar-refractivity contribution < 1.29 is 0 Å². The molecule has 0 saturated carbocycles. The molecule has 0 unspecified atom stereocenters. The number of aromatic nitrogens is 8. The molecule has 84 heavy (non-hydrogen) atoms. The van der Waals surface area contributed by atoms with Gasteiger partial charge in [0.2, 0.25) is 0 Å². The molecule has 0 radical (unpaired) electrons. The van der Waals surface area contributed by atoms with Gasteiger partial charge in [0.25, 0.3) is 0 Å². The lowest BCUT2D eigenvalue weighted by Crippen LogP contribution is -2.02. The highest BCUT2D eigenvalue weighted by molar-refractivity contribution is 6.31. The predicted molar refractivity (Wildman–Crippen MR) is 342 cm³/mol. The summed E-state index contributed by atoms with van der Waals surface area (Å²) in [5.74, 6) is 3.43. The largest absolute Gasteiger partial charge is 0.264 e. The van der Waals surface area contributed by atoms with Crippen molar-refractivity contribution in [3.63, 3.8) is 0 Å². The van der Waals surface area contributed by atoms with Gasteiger partial charge >= 0.3 is 0 Å². The van der Waals surface area contributed by atoms with E-state index in [9.17, 15) is 0 Å². The SMILES string of the molecule is c1ccc(-c2cc(-c3nc(-c4ccc(-c5cccnc5)cc4)nc(-c4ccc5ccccc5c4)n3)c3ccc4c(-c5ccccc5)cc(-c5nc(-c6ccc(-c7cccnc7)cc6)nc(-c6ccc7ccccc7c6)n5)c5ccc2c3c45)cc1. The van der Waals surface area contributed by atoms with E-state index >= 15 is 0 Å². The van der Waals surface area contributed by atoms with Crippen molar-refractivity contribution in [1.82, 2.24) is 39.9 Å². The van der Waals surface area contributed by atoms with E-state index in [1.54, 1.807) is 12.4 Å². The van der Waals surface area contributed by atoms with Crippen molar-refractivity contribution in [1.29, 1.82) is 0 Å². The third-order valence-corrected chi connectivity index (χ3v) is 16.1. The molecule has 0 bridgehead atoms. The van der Waals surface area contributed by atoms with E-state index in [1.165, 1.54) is 0 Å². The van der Waals surface area contributed by atoms with E-state index in [1.807, 2.05) is 24.5 Å². The van der Waals surface area contributed by atoms with Crippen LogP contribution in [0, 0.1) is 0 Å². The first-order chi connectivity index (χ1) is 41.6. The van der Waals surface area contributed by atoms with Gasteiger partial charge in [0.05, 0.1) is 0 Å². The highest BCUT2D eigenvalue weighted by Crippen LogP contribution is 2.48. The van der Waals surface area contributed by atoms with Crippen LogP contribution in [0.3, 0.4) is 0 Å². The lowest BCUT2D eigenvalue weighted by Gasteiger charge is -2.21. The van der Waals surface area contributed by atoms with Gasteiger partial charge in [-0.3, -0.25) is 9.97 Å². The number of rotatable bonds is 10. The summed E-state index contributed by atoms with van der Waals surface area (Å²) in [5, 5.41) is 10.9. The van der Waals surface area contributed by atoms with Gasteiger partial charge < -0.3 is 0 Å². The maximum absolute atomic E-state index is 5.48. The summed E-state index contributed by atoms with van der Waals surface area (Å²) in [4.78, 5) is 41.2. The first kappa shape index (κ1) is 48.4. The molecule has 0 aliphatic carbocycles. The van der Waals surface area contributed by atoms with E-state index < -0.39 is 0 Å². The molecular formula is C76H46N8. The minimum Gasteiger partial charge on any atom is -0.264 e.